The fourth-order valence-corrected chi connectivity index (χ4v) is 2.45. The Morgan fingerprint density at radius 2 is 1.83 bits per heavy atom. The van der Waals surface area contributed by atoms with Crippen molar-refractivity contribution in [1.29, 1.82) is 0 Å². The van der Waals surface area contributed by atoms with Crippen molar-refractivity contribution in [2.45, 2.75) is 13.5 Å². The monoisotopic (exact) mass is 350 g/mol. The fourth-order valence-electron chi connectivity index (χ4n) is 2.06. The van der Waals surface area contributed by atoms with Gasteiger partial charge in [0.25, 0.3) is 0 Å². The van der Waals surface area contributed by atoms with Crippen LogP contribution in [0, 0.1) is 0 Å². The van der Waals surface area contributed by atoms with Gasteiger partial charge in [0.1, 0.15) is 6.54 Å². The molecule has 2 rings (SSSR count). The molecule has 0 saturated heterocycles. The maximum Gasteiger partial charge on any atom is 0.240 e. The Kier molecular flexibility index (Phi) is 6.02. The van der Waals surface area contributed by atoms with E-state index < -0.39 is 0 Å². The summed E-state index contributed by atoms with van der Waals surface area (Å²) < 4.78 is 0. The highest BCUT2D eigenvalue weighted by Crippen LogP contribution is 2.19. The third kappa shape index (κ3) is 4.98. The van der Waals surface area contributed by atoms with Crippen LogP contribution in [0.3, 0.4) is 0 Å². The minimum absolute atomic E-state index is 0.0832. The lowest BCUT2D eigenvalue weighted by molar-refractivity contribution is -0.123. The third-order valence-electron chi connectivity index (χ3n) is 3.24. The highest BCUT2D eigenvalue weighted by atomic mass is 35.5. The molecule has 0 bridgehead atoms. The Bertz CT molecular complexity index is 719. The molecular formula is C17H16Cl2N2O2. The van der Waals surface area contributed by atoms with Crippen molar-refractivity contribution in [2.75, 3.05) is 11.4 Å². The van der Waals surface area contributed by atoms with Crippen LogP contribution in [0.25, 0.3) is 0 Å². The summed E-state index contributed by atoms with van der Waals surface area (Å²) in [6.45, 7) is 1.63. The first-order valence-electron chi connectivity index (χ1n) is 7.01. The molecule has 4 nitrogen and oxygen atoms in total. The van der Waals surface area contributed by atoms with Crippen molar-refractivity contribution >= 4 is 40.7 Å². The molecule has 0 aliphatic carbocycles. The molecule has 2 aromatic rings. The summed E-state index contributed by atoms with van der Waals surface area (Å²) in [7, 11) is 0. The molecule has 0 unspecified atom stereocenters. The van der Waals surface area contributed by atoms with Crippen molar-refractivity contribution in [3.63, 3.8) is 0 Å². The Morgan fingerprint density at radius 1 is 1.09 bits per heavy atom. The minimum atomic E-state index is -0.278. The molecule has 0 aliphatic heterocycles. The van der Waals surface area contributed by atoms with Gasteiger partial charge >= 0.3 is 0 Å². The second kappa shape index (κ2) is 7.99. The molecule has 0 aliphatic rings. The molecule has 1 N–H and O–H groups in total. The van der Waals surface area contributed by atoms with Gasteiger partial charge in [0.2, 0.25) is 11.8 Å². The molecule has 6 heteroatoms. The van der Waals surface area contributed by atoms with Crippen LogP contribution in [0.1, 0.15) is 12.5 Å². The summed E-state index contributed by atoms with van der Waals surface area (Å²) in [5.41, 5.74) is 1.40. The van der Waals surface area contributed by atoms with E-state index >= 15 is 0 Å². The second-order valence-electron chi connectivity index (χ2n) is 4.95. The summed E-state index contributed by atoms with van der Waals surface area (Å²) in [6.07, 6.45) is 0. The second-order valence-corrected chi connectivity index (χ2v) is 5.80. The lowest BCUT2D eigenvalue weighted by atomic mass is 10.2. The van der Waals surface area contributed by atoms with Crippen LogP contribution in [-0.4, -0.2) is 18.4 Å². The number of carbonyl (C=O) groups excluding carboxylic acids is 2. The SMILES string of the molecule is CC(=O)N(CC(=O)NCc1ccccc1Cl)c1cccc(Cl)c1. The lowest BCUT2D eigenvalue weighted by Gasteiger charge is -2.21. The van der Waals surface area contributed by atoms with Gasteiger partial charge in [-0.3, -0.25) is 9.59 Å². The predicted molar refractivity (Wildman–Crippen MR) is 92.8 cm³/mol. The Labute approximate surface area is 145 Å². The number of hydrogen-bond acceptors (Lipinski definition) is 2. The largest absolute Gasteiger partial charge is 0.350 e. The highest BCUT2D eigenvalue weighted by molar-refractivity contribution is 6.31. The van der Waals surface area contributed by atoms with Gasteiger partial charge in [-0.15, -0.1) is 0 Å². The van der Waals surface area contributed by atoms with Crippen LogP contribution in [0.15, 0.2) is 48.5 Å². The predicted octanol–water partition coefficient (Wildman–Crippen LogP) is 3.66. The molecule has 0 saturated carbocycles. The topological polar surface area (TPSA) is 49.4 Å². The number of carbonyl (C=O) groups is 2. The van der Waals surface area contributed by atoms with Crippen molar-refractivity contribution in [3.8, 4) is 0 Å². The quantitative estimate of drug-likeness (QED) is 0.894. The molecule has 0 atom stereocenters. The van der Waals surface area contributed by atoms with Crippen molar-refractivity contribution in [3.05, 3.63) is 64.1 Å². The first kappa shape index (κ1) is 17.3. The fraction of sp³-hybridized carbons (Fsp3) is 0.176. The smallest absolute Gasteiger partial charge is 0.240 e. The maximum absolute atomic E-state index is 12.1. The number of hydrogen-bond donors (Lipinski definition) is 1. The average molecular weight is 351 g/mol. The van der Waals surface area contributed by atoms with Gasteiger partial charge in [0, 0.05) is 29.2 Å². The van der Waals surface area contributed by atoms with Gasteiger partial charge in [-0.2, -0.15) is 0 Å². The molecule has 2 amide bonds. The zero-order valence-electron chi connectivity index (χ0n) is 12.6. The number of nitrogens with zero attached hydrogens (tertiary/aromatic N) is 1. The summed E-state index contributed by atoms with van der Waals surface area (Å²) >= 11 is 12.0. The van der Waals surface area contributed by atoms with E-state index in [1.807, 2.05) is 18.2 Å². The van der Waals surface area contributed by atoms with Gasteiger partial charge < -0.3 is 10.2 Å². The molecular weight excluding hydrogens is 335 g/mol. The molecule has 23 heavy (non-hydrogen) atoms. The van der Waals surface area contributed by atoms with Crippen molar-refractivity contribution < 1.29 is 9.59 Å². The van der Waals surface area contributed by atoms with Crippen LogP contribution < -0.4 is 10.2 Å². The summed E-state index contributed by atoms with van der Waals surface area (Å²) in [5.74, 6) is -0.514. The first-order chi connectivity index (χ1) is 11.0. The van der Waals surface area contributed by atoms with E-state index in [9.17, 15) is 9.59 Å². The molecule has 120 valence electrons. The number of nitrogens with one attached hydrogen (secondary N) is 1. The number of halogens is 2. The molecule has 2 aromatic carbocycles. The number of anilines is 1. The lowest BCUT2D eigenvalue weighted by Crippen LogP contribution is -2.39. The normalized spacial score (nSPS) is 10.2. The average Bonchev–Trinajstić information content (AvgIpc) is 2.51. The summed E-state index contributed by atoms with van der Waals surface area (Å²) in [6, 6.07) is 14.1. The van der Waals surface area contributed by atoms with Crippen molar-refractivity contribution in [2.24, 2.45) is 0 Å². The summed E-state index contributed by atoms with van der Waals surface area (Å²) in [4.78, 5) is 25.3. The van der Waals surface area contributed by atoms with E-state index in [-0.39, 0.29) is 18.4 Å². The van der Waals surface area contributed by atoms with Crippen LogP contribution >= 0.6 is 23.2 Å². The van der Waals surface area contributed by atoms with E-state index in [4.69, 9.17) is 23.2 Å². The van der Waals surface area contributed by atoms with Crippen LogP contribution in [0.4, 0.5) is 5.69 Å². The van der Waals surface area contributed by atoms with Crippen molar-refractivity contribution in [1.82, 2.24) is 5.32 Å². The number of rotatable bonds is 5. The van der Waals surface area contributed by atoms with Gasteiger partial charge in [-0.25, -0.2) is 0 Å². The third-order valence-corrected chi connectivity index (χ3v) is 3.84. The molecule has 0 fully saturated rings. The van der Waals surface area contributed by atoms with E-state index in [0.717, 1.165) is 5.56 Å². The molecule has 0 spiro atoms. The van der Waals surface area contributed by atoms with E-state index in [1.165, 1.54) is 11.8 Å². The minimum Gasteiger partial charge on any atom is -0.350 e. The van der Waals surface area contributed by atoms with E-state index in [1.54, 1.807) is 30.3 Å². The highest BCUT2D eigenvalue weighted by Gasteiger charge is 2.16. The van der Waals surface area contributed by atoms with Gasteiger partial charge in [0.05, 0.1) is 0 Å². The van der Waals surface area contributed by atoms with Gasteiger partial charge in [-0.1, -0.05) is 47.5 Å². The van der Waals surface area contributed by atoms with Gasteiger partial charge in [0.15, 0.2) is 0 Å². The van der Waals surface area contributed by atoms with Gasteiger partial charge in [-0.05, 0) is 29.8 Å². The van der Waals surface area contributed by atoms with Crippen LogP contribution in [0.5, 0.6) is 0 Å². The summed E-state index contributed by atoms with van der Waals surface area (Å²) in [5, 5.41) is 3.85. The maximum atomic E-state index is 12.1. The standard InChI is InChI=1S/C17H16Cl2N2O2/c1-12(22)21(15-7-4-6-14(18)9-15)11-17(23)20-10-13-5-2-3-8-16(13)19/h2-9H,10-11H2,1H3,(H,20,23). The first-order valence-corrected chi connectivity index (χ1v) is 7.76. The molecule has 0 radical (unpaired) electrons. The number of benzene rings is 2. The zero-order chi connectivity index (χ0) is 16.8. The zero-order valence-corrected chi connectivity index (χ0v) is 14.1. The molecule has 0 heterocycles. The van der Waals surface area contributed by atoms with Crippen LogP contribution in [-0.2, 0) is 16.1 Å². The Balaban J connectivity index is 2.01. The number of amides is 2. The van der Waals surface area contributed by atoms with E-state index in [2.05, 4.69) is 5.32 Å². The molecule has 0 aromatic heterocycles. The Morgan fingerprint density at radius 3 is 2.48 bits per heavy atom. The van der Waals surface area contributed by atoms with E-state index in [0.29, 0.717) is 22.3 Å². The Hall–Kier alpha value is -2.04. The van der Waals surface area contributed by atoms with Crippen LogP contribution in [0.2, 0.25) is 10.0 Å².